The van der Waals surface area contributed by atoms with E-state index in [0.717, 1.165) is 36.1 Å². The summed E-state index contributed by atoms with van der Waals surface area (Å²) in [6.07, 6.45) is 6.07. The first-order valence-corrected chi connectivity index (χ1v) is 9.75. The molecule has 144 valence electrons. The largest absolute Gasteiger partial charge is 0.378 e. The first-order chi connectivity index (χ1) is 13.0. The number of nitrogens with one attached hydrogen (secondary N) is 2. The summed E-state index contributed by atoms with van der Waals surface area (Å²) in [5, 5.41) is 2.93. The molecule has 0 aliphatic heterocycles. The third-order valence-electron chi connectivity index (χ3n) is 5.20. The molecule has 0 unspecified atom stereocenters. The minimum absolute atomic E-state index is 0.127. The van der Waals surface area contributed by atoms with Crippen molar-refractivity contribution in [3.63, 3.8) is 0 Å². The van der Waals surface area contributed by atoms with Crippen molar-refractivity contribution < 1.29 is 9.53 Å². The number of aromatic nitrogens is 1. The lowest BCUT2D eigenvalue weighted by Gasteiger charge is -2.11. The van der Waals surface area contributed by atoms with Crippen molar-refractivity contribution >= 4 is 5.91 Å². The Labute approximate surface area is 160 Å². The Morgan fingerprint density at radius 2 is 2.00 bits per heavy atom. The number of pyridine rings is 1. The maximum absolute atomic E-state index is 12.4. The monoisotopic (exact) mass is 368 g/mol. The van der Waals surface area contributed by atoms with Gasteiger partial charge in [0.15, 0.2) is 0 Å². The average Bonchev–Trinajstić information content (AvgIpc) is 3.18. The van der Waals surface area contributed by atoms with Gasteiger partial charge in [0.1, 0.15) is 0 Å². The van der Waals surface area contributed by atoms with Crippen molar-refractivity contribution in [1.29, 1.82) is 0 Å². The fourth-order valence-electron chi connectivity index (χ4n) is 3.45. The van der Waals surface area contributed by atoms with Gasteiger partial charge >= 0.3 is 0 Å². The number of amides is 1. The summed E-state index contributed by atoms with van der Waals surface area (Å²) in [4.78, 5) is 27.5. The van der Waals surface area contributed by atoms with E-state index in [9.17, 15) is 9.59 Å². The summed E-state index contributed by atoms with van der Waals surface area (Å²) in [6, 6.07) is 9.06. The third kappa shape index (κ3) is 5.07. The van der Waals surface area contributed by atoms with Gasteiger partial charge in [0.25, 0.3) is 11.5 Å². The molecule has 1 aliphatic carbocycles. The topological polar surface area (TPSA) is 71.2 Å². The fourth-order valence-corrected chi connectivity index (χ4v) is 3.45. The van der Waals surface area contributed by atoms with E-state index in [-0.39, 0.29) is 11.5 Å². The molecule has 1 amide bonds. The Hall–Kier alpha value is -2.40. The Morgan fingerprint density at radius 3 is 2.78 bits per heavy atom. The number of rotatable bonds is 7. The van der Waals surface area contributed by atoms with E-state index in [1.54, 1.807) is 12.1 Å². The van der Waals surface area contributed by atoms with Gasteiger partial charge in [-0.05, 0) is 62.4 Å². The highest BCUT2D eigenvalue weighted by Crippen LogP contribution is 2.21. The second-order valence-electron chi connectivity index (χ2n) is 7.29. The second-order valence-corrected chi connectivity index (χ2v) is 7.29. The molecule has 1 saturated carbocycles. The number of aryl methyl sites for hydroxylation is 2. The number of benzene rings is 1. The van der Waals surface area contributed by atoms with Crippen molar-refractivity contribution in [3.05, 3.63) is 57.5 Å². The van der Waals surface area contributed by atoms with Crippen LogP contribution >= 0.6 is 0 Å². The maximum atomic E-state index is 12.4. The van der Waals surface area contributed by atoms with E-state index in [1.807, 2.05) is 32.0 Å². The van der Waals surface area contributed by atoms with Crippen LogP contribution in [0, 0.1) is 13.8 Å². The molecule has 1 fully saturated rings. The summed E-state index contributed by atoms with van der Waals surface area (Å²) >= 11 is 0. The minimum Gasteiger partial charge on any atom is -0.378 e. The Balaban J connectivity index is 1.57. The molecule has 1 aromatic heterocycles. The predicted molar refractivity (Wildman–Crippen MR) is 107 cm³/mol. The average molecular weight is 368 g/mol. The number of H-pyrrole nitrogens is 1. The molecule has 5 nitrogen and oxygen atoms in total. The summed E-state index contributed by atoms with van der Waals surface area (Å²) in [7, 11) is 0. The van der Waals surface area contributed by atoms with Crippen molar-refractivity contribution in [1.82, 2.24) is 10.3 Å². The van der Waals surface area contributed by atoms with Crippen LogP contribution in [0.15, 0.2) is 35.1 Å². The first kappa shape index (κ1) is 19.4. The maximum Gasteiger partial charge on any atom is 0.256 e. The van der Waals surface area contributed by atoms with Gasteiger partial charge < -0.3 is 15.0 Å². The number of hydrogen-bond acceptors (Lipinski definition) is 3. The highest BCUT2D eigenvalue weighted by molar-refractivity contribution is 5.95. The molecular formula is C22H28N2O3. The highest BCUT2D eigenvalue weighted by Gasteiger charge is 2.15. The van der Waals surface area contributed by atoms with Gasteiger partial charge in [-0.25, -0.2) is 0 Å². The number of ether oxygens (including phenoxy) is 1. The highest BCUT2D eigenvalue weighted by atomic mass is 16.5. The van der Waals surface area contributed by atoms with E-state index in [4.69, 9.17) is 4.74 Å². The molecule has 0 atom stereocenters. The first-order valence-electron chi connectivity index (χ1n) is 9.75. The third-order valence-corrected chi connectivity index (χ3v) is 5.20. The molecule has 0 saturated heterocycles. The summed E-state index contributed by atoms with van der Waals surface area (Å²) in [5.74, 6) is -0.127. The minimum atomic E-state index is -0.139. The van der Waals surface area contributed by atoms with Crippen LogP contribution in [-0.4, -0.2) is 30.1 Å². The van der Waals surface area contributed by atoms with Crippen LogP contribution in [0.1, 0.15) is 53.7 Å². The molecule has 5 heteroatoms. The van der Waals surface area contributed by atoms with Crippen molar-refractivity contribution in [3.8, 4) is 11.1 Å². The zero-order valence-electron chi connectivity index (χ0n) is 16.1. The molecule has 1 heterocycles. The molecule has 2 aromatic rings. The van der Waals surface area contributed by atoms with Gasteiger partial charge in [-0.3, -0.25) is 9.59 Å². The lowest BCUT2D eigenvalue weighted by Crippen LogP contribution is -2.25. The molecular weight excluding hydrogens is 340 g/mol. The van der Waals surface area contributed by atoms with Crippen LogP contribution in [0.25, 0.3) is 11.1 Å². The van der Waals surface area contributed by atoms with Crippen LogP contribution < -0.4 is 10.9 Å². The van der Waals surface area contributed by atoms with Crippen LogP contribution in [0.4, 0.5) is 0 Å². The molecule has 0 radical (unpaired) electrons. The zero-order valence-corrected chi connectivity index (χ0v) is 16.1. The van der Waals surface area contributed by atoms with Crippen molar-refractivity contribution in [2.75, 3.05) is 13.2 Å². The fraction of sp³-hybridized carbons (Fsp3) is 0.455. The van der Waals surface area contributed by atoms with Crippen LogP contribution in [0.5, 0.6) is 0 Å². The van der Waals surface area contributed by atoms with Crippen LogP contribution in [0.2, 0.25) is 0 Å². The van der Waals surface area contributed by atoms with Crippen LogP contribution in [0.3, 0.4) is 0 Å². The molecule has 0 spiro atoms. The van der Waals surface area contributed by atoms with E-state index in [0.29, 0.717) is 30.4 Å². The molecule has 27 heavy (non-hydrogen) atoms. The van der Waals surface area contributed by atoms with Crippen molar-refractivity contribution in [2.45, 2.75) is 52.1 Å². The quantitative estimate of drug-likeness (QED) is 0.732. The smallest absolute Gasteiger partial charge is 0.256 e. The summed E-state index contributed by atoms with van der Waals surface area (Å²) in [5.41, 5.74) is 3.62. The normalized spacial score (nSPS) is 14.4. The van der Waals surface area contributed by atoms with Gasteiger partial charge in [0.2, 0.25) is 0 Å². The Bertz CT molecular complexity index is 851. The van der Waals surface area contributed by atoms with E-state index >= 15 is 0 Å². The standard InChI is InChI=1S/C22H28N2O3/c1-15-13-20(22(26)24-16(15)2)17-7-5-8-18(14-17)21(25)23-11-6-12-27-19-9-3-4-10-19/h5,7-8,13-14,19H,3-4,6,9-12H2,1-2H3,(H,23,25)(H,24,26). The van der Waals surface area contributed by atoms with Crippen LogP contribution in [-0.2, 0) is 4.74 Å². The van der Waals surface area contributed by atoms with Gasteiger partial charge in [0, 0.05) is 30.0 Å². The number of hydrogen-bond donors (Lipinski definition) is 2. The SMILES string of the molecule is Cc1cc(-c2cccc(C(=O)NCCCOC3CCCC3)c2)c(=O)[nH]c1C. The van der Waals surface area contributed by atoms with Gasteiger partial charge in [-0.15, -0.1) is 0 Å². The summed E-state index contributed by atoms with van der Waals surface area (Å²) < 4.78 is 5.81. The predicted octanol–water partition coefficient (Wildman–Crippen LogP) is 3.74. The second kappa shape index (κ2) is 9.00. The van der Waals surface area contributed by atoms with Crippen molar-refractivity contribution in [2.24, 2.45) is 0 Å². The van der Waals surface area contributed by atoms with Gasteiger partial charge in [-0.1, -0.05) is 25.0 Å². The van der Waals surface area contributed by atoms with E-state index < -0.39 is 0 Å². The molecule has 2 N–H and O–H groups in total. The Kier molecular flexibility index (Phi) is 6.45. The van der Waals surface area contributed by atoms with E-state index in [1.165, 1.54) is 12.8 Å². The Morgan fingerprint density at radius 1 is 1.22 bits per heavy atom. The zero-order chi connectivity index (χ0) is 19.2. The molecule has 1 aliphatic rings. The molecule has 3 rings (SSSR count). The van der Waals surface area contributed by atoms with Gasteiger partial charge in [0.05, 0.1) is 6.10 Å². The number of carbonyl (C=O) groups is 1. The lowest BCUT2D eigenvalue weighted by molar-refractivity contribution is 0.0565. The lowest BCUT2D eigenvalue weighted by atomic mass is 10.0. The molecule has 0 bridgehead atoms. The van der Waals surface area contributed by atoms with Gasteiger partial charge in [-0.2, -0.15) is 0 Å². The number of carbonyl (C=O) groups excluding carboxylic acids is 1. The summed E-state index contributed by atoms with van der Waals surface area (Å²) in [6.45, 7) is 5.10. The number of aromatic amines is 1. The van der Waals surface area contributed by atoms with E-state index in [2.05, 4.69) is 10.3 Å². The molecule has 1 aromatic carbocycles.